The quantitative estimate of drug-likeness (QED) is 0.0259. The fraction of sp³-hybridized carbons (Fsp3) is 0.842. The number of carbonyl (C=O) groups is 3. The van der Waals surface area contributed by atoms with Crippen molar-refractivity contribution in [1.29, 1.82) is 0 Å². The van der Waals surface area contributed by atoms with Crippen LogP contribution in [0.2, 0.25) is 0 Å². The lowest BCUT2D eigenvalue weighted by Gasteiger charge is -2.34. The largest absolute Gasteiger partial charge is 0.544 e. The molecule has 8 nitrogen and oxygen atoms in total. The fourth-order valence-electron chi connectivity index (χ4n) is 8.32. The van der Waals surface area contributed by atoms with Crippen molar-refractivity contribution in [3.05, 3.63) is 36.5 Å². The van der Waals surface area contributed by atoms with Gasteiger partial charge in [-0.2, -0.15) is 0 Å². The summed E-state index contributed by atoms with van der Waals surface area (Å²) in [7, 11) is 5.43. The summed E-state index contributed by atoms with van der Waals surface area (Å²) in [6, 6.07) is -0.726. The lowest BCUT2D eigenvalue weighted by molar-refractivity contribution is -0.889. The average molecular weight is 916 g/mol. The predicted molar refractivity (Wildman–Crippen MR) is 273 cm³/mol. The Labute approximate surface area is 402 Å². The summed E-state index contributed by atoms with van der Waals surface area (Å²) < 4.78 is 17.3. The molecule has 2 unspecified atom stereocenters. The number of allylic oxidation sites excluding steroid dienone is 6. The molecule has 0 aliphatic carbocycles. The van der Waals surface area contributed by atoms with E-state index >= 15 is 0 Å². The van der Waals surface area contributed by atoms with Crippen molar-refractivity contribution in [2.75, 3.05) is 41.0 Å². The molecule has 0 rings (SSSR count). The van der Waals surface area contributed by atoms with Gasteiger partial charge in [-0.05, 0) is 44.9 Å². The van der Waals surface area contributed by atoms with Crippen molar-refractivity contribution in [1.82, 2.24) is 0 Å². The zero-order chi connectivity index (χ0) is 47.7. The van der Waals surface area contributed by atoms with Gasteiger partial charge in [0.2, 0.25) is 0 Å². The number of quaternary nitrogens is 1. The number of ether oxygens (including phenoxy) is 3. The van der Waals surface area contributed by atoms with Gasteiger partial charge in [0.25, 0.3) is 0 Å². The third-order valence-electron chi connectivity index (χ3n) is 12.5. The molecule has 0 saturated carbocycles. The van der Waals surface area contributed by atoms with Crippen molar-refractivity contribution in [3.8, 4) is 0 Å². The van der Waals surface area contributed by atoms with E-state index < -0.39 is 18.1 Å². The Hall–Kier alpha value is -2.45. The van der Waals surface area contributed by atoms with E-state index in [-0.39, 0.29) is 42.7 Å². The highest BCUT2D eigenvalue weighted by molar-refractivity contribution is 5.70. The number of hydrogen-bond acceptors (Lipinski definition) is 7. The molecule has 0 aliphatic heterocycles. The lowest BCUT2D eigenvalue weighted by Crippen LogP contribution is -2.55. The summed E-state index contributed by atoms with van der Waals surface area (Å²) in [5.74, 6) is -1.72. The standard InChI is InChI=1S/C57H105NO7/c1-6-8-10-12-14-16-18-20-22-24-26-27-28-30-32-34-36-38-40-42-44-46-48-56(60)65-53(51-63-50-49-54(57(61)62)58(3,4)5)52-64-55(59)47-45-43-41-39-37-35-33-31-29-25-23-21-19-17-15-13-11-9-7-2/h9,11,15,17,21,23,53-54H,6-8,10,12-14,16,18-20,22,24-52H2,1-5H3/b11-9+,17-15+,23-21+. The summed E-state index contributed by atoms with van der Waals surface area (Å²) >= 11 is 0. The van der Waals surface area contributed by atoms with Gasteiger partial charge < -0.3 is 28.6 Å². The first-order valence-electron chi connectivity index (χ1n) is 27.5. The van der Waals surface area contributed by atoms with Gasteiger partial charge in [0.05, 0.1) is 40.3 Å². The number of esters is 2. The molecular weight excluding hydrogens is 811 g/mol. The Bertz CT molecular complexity index is 1160. The summed E-state index contributed by atoms with van der Waals surface area (Å²) in [6.07, 6.45) is 57.5. The first-order chi connectivity index (χ1) is 31.6. The van der Waals surface area contributed by atoms with Gasteiger partial charge in [-0.1, -0.05) is 230 Å². The molecule has 380 valence electrons. The van der Waals surface area contributed by atoms with Crippen molar-refractivity contribution < 1.29 is 38.2 Å². The van der Waals surface area contributed by atoms with Crippen LogP contribution in [0.4, 0.5) is 0 Å². The van der Waals surface area contributed by atoms with E-state index in [2.05, 4.69) is 50.3 Å². The molecule has 0 heterocycles. The van der Waals surface area contributed by atoms with Crippen LogP contribution in [-0.2, 0) is 28.6 Å². The van der Waals surface area contributed by atoms with Crippen molar-refractivity contribution in [2.24, 2.45) is 0 Å². The number of carboxylic acid groups (broad SMARTS) is 1. The van der Waals surface area contributed by atoms with Crippen LogP contribution in [0.3, 0.4) is 0 Å². The molecule has 0 amide bonds. The Morgan fingerprint density at radius 2 is 0.862 bits per heavy atom. The zero-order valence-corrected chi connectivity index (χ0v) is 43.4. The Kier molecular flexibility index (Phi) is 46.2. The minimum absolute atomic E-state index is 0.0427. The van der Waals surface area contributed by atoms with E-state index in [1.54, 1.807) is 0 Å². The first kappa shape index (κ1) is 62.5. The van der Waals surface area contributed by atoms with Gasteiger partial charge in [-0.15, -0.1) is 0 Å². The molecule has 0 aromatic carbocycles. The highest BCUT2D eigenvalue weighted by Gasteiger charge is 2.25. The molecule has 65 heavy (non-hydrogen) atoms. The Morgan fingerprint density at radius 1 is 0.477 bits per heavy atom. The molecule has 2 atom stereocenters. The molecule has 0 aliphatic rings. The lowest BCUT2D eigenvalue weighted by atomic mass is 10.0. The SMILES string of the molecule is CC/C=C/C/C=C/C/C=C/CCCCCCCCCCCC(=O)OCC(COCCC(C(=O)[O-])[N+](C)(C)C)OC(=O)CCCCCCCCCCCCCCCCCCCCCCCC. The van der Waals surface area contributed by atoms with Gasteiger partial charge in [-0.25, -0.2) is 0 Å². The number of likely N-dealkylation sites (N-methyl/N-ethyl adjacent to an activating group) is 1. The topological polar surface area (TPSA) is 102 Å². The van der Waals surface area contributed by atoms with Crippen molar-refractivity contribution in [2.45, 2.75) is 270 Å². The van der Waals surface area contributed by atoms with E-state index in [4.69, 9.17) is 14.2 Å². The minimum atomic E-state index is -1.12. The third-order valence-corrected chi connectivity index (χ3v) is 12.5. The van der Waals surface area contributed by atoms with Gasteiger partial charge in [0.15, 0.2) is 6.10 Å². The number of unbranched alkanes of at least 4 members (excludes halogenated alkanes) is 30. The average Bonchev–Trinajstić information content (AvgIpc) is 3.27. The molecule has 0 aromatic heterocycles. The van der Waals surface area contributed by atoms with Crippen LogP contribution < -0.4 is 5.11 Å². The molecule has 0 aromatic rings. The predicted octanol–water partition coefficient (Wildman–Crippen LogP) is 14.8. The van der Waals surface area contributed by atoms with Gasteiger partial charge in [0, 0.05) is 19.3 Å². The number of rotatable bonds is 50. The summed E-state index contributed by atoms with van der Waals surface area (Å²) in [6.45, 7) is 4.59. The first-order valence-corrected chi connectivity index (χ1v) is 27.5. The maximum absolute atomic E-state index is 12.8. The molecule has 0 spiro atoms. The van der Waals surface area contributed by atoms with Crippen molar-refractivity contribution >= 4 is 17.9 Å². The van der Waals surface area contributed by atoms with Crippen LogP contribution in [0.1, 0.15) is 258 Å². The summed E-state index contributed by atoms with van der Waals surface area (Å²) in [5, 5.41) is 11.7. The van der Waals surface area contributed by atoms with E-state index in [1.165, 1.54) is 161 Å². The summed E-state index contributed by atoms with van der Waals surface area (Å²) in [5.41, 5.74) is 0. The van der Waals surface area contributed by atoms with E-state index in [1.807, 2.05) is 21.1 Å². The number of hydrogen-bond donors (Lipinski definition) is 0. The monoisotopic (exact) mass is 916 g/mol. The van der Waals surface area contributed by atoms with Gasteiger partial charge >= 0.3 is 11.9 Å². The van der Waals surface area contributed by atoms with Gasteiger partial charge in [0.1, 0.15) is 12.6 Å². The Balaban J connectivity index is 4.17. The molecule has 0 N–H and O–H groups in total. The van der Waals surface area contributed by atoms with Crippen molar-refractivity contribution in [3.63, 3.8) is 0 Å². The van der Waals surface area contributed by atoms with Crippen LogP contribution in [-0.4, -0.2) is 75.5 Å². The highest BCUT2D eigenvalue weighted by Crippen LogP contribution is 2.17. The van der Waals surface area contributed by atoms with Crippen LogP contribution in [0.5, 0.6) is 0 Å². The van der Waals surface area contributed by atoms with E-state index in [9.17, 15) is 19.5 Å². The van der Waals surface area contributed by atoms with Crippen LogP contribution >= 0.6 is 0 Å². The van der Waals surface area contributed by atoms with Gasteiger partial charge in [-0.3, -0.25) is 9.59 Å². The molecular formula is C57H105NO7. The highest BCUT2D eigenvalue weighted by atomic mass is 16.6. The molecule has 8 heteroatoms. The molecule has 0 radical (unpaired) electrons. The number of carboxylic acids is 1. The fourth-order valence-corrected chi connectivity index (χ4v) is 8.32. The second-order valence-corrected chi connectivity index (χ2v) is 19.8. The second kappa shape index (κ2) is 48.0. The second-order valence-electron chi connectivity index (χ2n) is 19.8. The number of aliphatic carboxylic acids is 1. The third kappa shape index (κ3) is 46.4. The molecule has 0 bridgehead atoms. The van der Waals surface area contributed by atoms with E-state index in [0.717, 1.165) is 64.2 Å². The Morgan fingerprint density at radius 3 is 1.28 bits per heavy atom. The number of carbonyl (C=O) groups excluding carboxylic acids is 3. The minimum Gasteiger partial charge on any atom is -0.544 e. The summed E-state index contributed by atoms with van der Waals surface area (Å²) in [4.78, 5) is 37.1. The normalized spacial score (nSPS) is 13.1. The zero-order valence-electron chi connectivity index (χ0n) is 43.4. The molecule has 0 saturated heterocycles. The maximum Gasteiger partial charge on any atom is 0.306 e. The molecule has 0 fully saturated rings. The smallest absolute Gasteiger partial charge is 0.306 e. The number of nitrogens with zero attached hydrogens (tertiary/aromatic N) is 1. The van der Waals surface area contributed by atoms with Crippen LogP contribution in [0.25, 0.3) is 0 Å². The van der Waals surface area contributed by atoms with Crippen LogP contribution in [0, 0.1) is 0 Å². The maximum atomic E-state index is 12.8. The van der Waals surface area contributed by atoms with Crippen LogP contribution in [0.15, 0.2) is 36.5 Å². The van der Waals surface area contributed by atoms with E-state index in [0.29, 0.717) is 12.8 Å².